The normalized spacial score (nSPS) is 23.9. The van der Waals surface area contributed by atoms with Crippen molar-refractivity contribution >= 4 is 5.97 Å². The summed E-state index contributed by atoms with van der Waals surface area (Å²) in [5.74, 6) is -0.851. The molecular formula is C14H19NO2. The Morgan fingerprint density at radius 2 is 2.12 bits per heavy atom. The zero-order valence-electron chi connectivity index (χ0n) is 10.6. The van der Waals surface area contributed by atoms with Gasteiger partial charge in [0.2, 0.25) is 0 Å². The van der Waals surface area contributed by atoms with E-state index in [1.807, 2.05) is 13.0 Å². The molecule has 1 atom stereocenters. The van der Waals surface area contributed by atoms with Crippen LogP contribution in [0.2, 0.25) is 0 Å². The molecule has 1 saturated heterocycles. The smallest absolute Gasteiger partial charge is 0.335 e. The van der Waals surface area contributed by atoms with Gasteiger partial charge in [-0.2, -0.15) is 0 Å². The van der Waals surface area contributed by atoms with Gasteiger partial charge < -0.3 is 10.4 Å². The second kappa shape index (κ2) is 4.15. The van der Waals surface area contributed by atoms with E-state index in [2.05, 4.69) is 19.2 Å². The van der Waals surface area contributed by atoms with Gasteiger partial charge in [-0.1, -0.05) is 0 Å². The van der Waals surface area contributed by atoms with Crippen LogP contribution in [0.4, 0.5) is 0 Å². The third-order valence-corrected chi connectivity index (χ3v) is 3.88. The van der Waals surface area contributed by atoms with Crippen molar-refractivity contribution in [3.63, 3.8) is 0 Å². The van der Waals surface area contributed by atoms with E-state index < -0.39 is 5.97 Å². The topological polar surface area (TPSA) is 49.3 Å². The highest BCUT2D eigenvalue weighted by Crippen LogP contribution is 2.34. The minimum atomic E-state index is -0.851. The van der Waals surface area contributed by atoms with E-state index in [0.29, 0.717) is 5.56 Å². The van der Waals surface area contributed by atoms with E-state index in [1.54, 1.807) is 6.07 Å². The number of carboxylic acid groups (broad SMARTS) is 1. The van der Waals surface area contributed by atoms with Crippen molar-refractivity contribution in [1.82, 2.24) is 5.32 Å². The van der Waals surface area contributed by atoms with E-state index in [4.69, 9.17) is 5.11 Å². The Hall–Kier alpha value is -1.35. The SMILES string of the molecule is Cc1cc(C(=O)O)cc(C2(C)CCCN2)c1C. The number of aromatic carboxylic acids is 1. The molecule has 0 radical (unpaired) electrons. The standard InChI is InChI=1S/C14H19NO2/c1-9-7-11(13(16)17)8-12(10(9)2)14(3)5-4-6-15-14/h7-8,15H,4-6H2,1-3H3,(H,16,17). The minimum absolute atomic E-state index is 0.0691. The molecule has 2 rings (SSSR count). The maximum Gasteiger partial charge on any atom is 0.335 e. The van der Waals surface area contributed by atoms with Crippen LogP contribution in [-0.2, 0) is 5.54 Å². The summed E-state index contributed by atoms with van der Waals surface area (Å²) in [6, 6.07) is 3.57. The average Bonchev–Trinajstić information content (AvgIpc) is 2.69. The Labute approximate surface area is 102 Å². The summed E-state index contributed by atoms with van der Waals surface area (Å²) in [6.45, 7) is 7.21. The Morgan fingerprint density at radius 1 is 1.41 bits per heavy atom. The lowest BCUT2D eigenvalue weighted by Gasteiger charge is -2.28. The van der Waals surface area contributed by atoms with E-state index >= 15 is 0 Å². The summed E-state index contributed by atoms with van der Waals surface area (Å²) in [5.41, 5.74) is 3.70. The predicted octanol–water partition coefficient (Wildman–Crippen LogP) is 2.60. The molecule has 1 aliphatic heterocycles. The van der Waals surface area contributed by atoms with E-state index in [1.165, 1.54) is 5.56 Å². The molecule has 3 nitrogen and oxygen atoms in total. The third kappa shape index (κ3) is 2.07. The van der Waals surface area contributed by atoms with Crippen LogP contribution in [0.5, 0.6) is 0 Å². The van der Waals surface area contributed by atoms with Crippen LogP contribution in [0, 0.1) is 13.8 Å². The molecule has 1 fully saturated rings. The quantitative estimate of drug-likeness (QED) is 0.825. The van der Waals surface area contributed by atoms with E-state index in [9.17, 15) is 4.79 Å². The highest BCUT2D eigenvalue weighted by Gasteiger charge is 2.32. The summed E-state index contributed by atoms with van der Waals surface area (Å²) >= 11 is 0. The first kappa shape index (κ1) is 12.1. The molecule has 1 aliphatic rings. The molecule has 1 aromatic carbocycles. The lowest BCUT2D eigenvalue weighted by atomic mass is 9.84. The summed E-state index contributed by atoms with van der Waals surface area (Å²) in [7, 11) is 0. The number of carbonyl (C=O) groups is 1. The Morgan fingerprint density at radius 3 is 2.65 bits per heavy atom. The first-order chi connectivity index (χ1) is 7.94. The largest absolute Gasteiger partial charge is 0.478 e. The lowest BCUT2D eigenvalue weighted by molar-refractivity contribution is 0.0696. The van der Waals surface area contributed by atoms with Crippen molar-refractivity contribution in [2.75, 3.05) is 6.54 Å². The van der Waals surface area contributed by atoms with Crippen molar-refractivity contribution < 1.29 is 9.90 Å². The number of carboxylic acids is 1. The van der Waals surface area contributed by atoms with Crippen LogP contribution in [0.3, 0.4) is 0 Å². The summed E-state index contributed by atoms with van der Waals surface area (Å²) in [6.07, 6.45) is 2.21. The molecule has 1 heterocycles. The number of nitrogens with one attached hydrogen (secondary N) is 1. The molecule has 0 aromatic heterocycles. The van der Waals surface area contributed by atoms with Gasteiger partial charge in [0.1, 0.15) is 0 Å². The third-order valence-electron chi connectivity index (χ3n) is 3.88. The van der Waals surface area contributed by atoms with Gasteiger partial charge in [0.25, 0.3) is 0 Å². The molecule has 0 saturated carbocycles. The Bertz CT molecular complexity index is 460. The van der Waals surface area contributed by atoms with Crippen LogP contribution in [0.15, 0.2) is 12.1 Å². The molecule has 3 heteroatoms. The molecule has 17 heavy (non-hydrogen) atoms. The first-order valence-corrected chi connectivity index (χ1v) is 6.04. The van der Waals surface area contributed by atoms with E-state index in [-0.39, 0.29) is 5.54 Å². The maximum atomic E-state index is 11.1. The number of aryl methyl sites for hydroxylation is 1. The van der Waals surface area contributed by atoms with Gasteiger partial charge in [-0.3, -0.25) is 0 Å². The highest BCUT2D eigenvalue weighted by atomic mass is 16.4. The monoisotopic (exact) mass is 233 g/mol. The van der Waals surface area contributed by atoms with Crippen molar-refractivity contribution in [1.29, 1.82) is 0 Å². The lowest BCUT2D eigenvalue weighted by Crippen LogP contribution is -2.34. The van der Waals surface area contributed by atoms with Crippen LogP contribution in [0.25, 0.3) is 0 Å². The van der Waals surface area contributed by atoms with E-state index in [0.717, 1.165) is 30.5 Å². The van der Waals surface area contributed by atoms with Crippen molar-refractivity contribution in [2.24, 2.45) is 0 Å². The van der Waals surface area contributed by atoms with Crippen molar-refractivity contribution in [3.05, 3.63) is 34.4 Å². The number of hydrogen-bond acceptors (Lipinski definition) is 2. The Kier molecular flexibility index (Phi) is 2.96. The molecule has 0 spiro atoms. The number of benzene rings is 1. The maximum absolute atomic E-state index is 11.1. The number of rotatable bonds is 2. The summed E-state index contributed by atoms with van der Waals surface area (Å²) in [5, 5.41) is 12.6. The van der Waals surface area contributed by atoms with Crippen LogP contribution < -0.4 is 5.32 Å². The minimum Gasteiger partial charge on any atom is -0.478 e. The van der Waals surface area contributed by atoms with Gasteiger partial charge in [-0.15, -0.1) is 0 Å². The number of hydrogen-bond donors (Lipinski definition) is 2. The molecule has 2 N–H and O–H groups in total. The first-order valence-electron chi connectivity index (χ1n) is 6.04. The van der Waals surface area contributed by atoms with Crippen molar-refractivity contribution in [3.8, 4) is 0 Å². The summed E-state index contributed by atoms with van der Waals surface area (Å²) < 4.78 is 0. The van der Waals surface area contributed by atoms with Gasteiger partial charge >= 0.3 is 5.97 Å². The molecular weight excluding hydrogens is 214 g/mol. The van der Waals surface area contributed by atoms with Gasteiger partial charge in [0, 0.05) is 5.54 Å². The molecule has 0 amide bonds. The molecule has 0 bridgehead atoms. The summed E-state index contributed by atoms with van der Waals surface area (Å²) in [4.78, 5) is 11.1. The zero-order chi connectivity index (χ0) is 12.6. The van der Waals surface area contributed by atoms with Crippen LogP contribution in [-0.4, -0.2) is 17.6 Å². The van der Waals surface area contributed by atoms with Gasteiger partial charge in [0.15, 0.2) is 0 Å². The Balaban J connectivity index is 2.56. The van der Waals surface area contributed by atoms with Crippen LogP contribution >= 0.6 is 0 Å². The average molecular weight is 233 g/mol. The highest BCUT2D eigenvalue weighted by molar-refractivity contribution is 5.88. The fourth-order valence-electron chi connectivity index (χ4n) is 2.68. The van der Waals surface area contributed by atoms with Gasteiger partial charge in [-0.25, -0.2) is 4.79 Å². The fourth-order valence-corrected chi connectivity index (χ4v) is 2.68. The van der Waals surface area contributed by atoms with Crippen molar-refractivity contribution in [2.45, 2.75) is 39.2 Å². The van der Waals surface area contributed by atoms with Gasteiger partial charge in [-0.05, 0) is 69.0 Å². The molecule has 92 valence electrons. The molecule has 1 aromatic rings. The van der Waals surface area contributed by atoms with Gasteiger partial charge in [0.05, 0.1) is 5.56 Å². The zero-order valence-corrected chi connectivity index (χ0v) is 10.6. The molecule has 1 unspecified atom stereocenters. The second-order valence-electron chi connectivity index (χ2n) is 5.13. The van der Waals surface area contributed by atoms with Crippen LogP contribution in [0.1, 0.15) is 46.8 Å². The fraction of sp³-hybridized carbons (Fsp3) is 0.500. The second-order valence-corrected chi connectivity index (χ2v) is 5.13. The predicted molar refractivity (Wildman–Crippen MR) is 67.5 cm³/mol. The molecule has 0 aliphatic carbocycles.